The van der Waals surface area contributed by atoms with Crippen LogP contribution in [0.25, 0.3) is 0 Å². The quantitative estimate of drug-likeness (QED) is 0.457. The Kier molecular flexibility index (Phi) is 8.16. The van der Waals surface area contributed by atoms with E-state index < -0.39 is 12.0 Å². The Balaban J connectivity index is 2.25. The van der Waals surface area contributed by atoms with Crippen molar-refractivity contribution in [2.45, 2.75) is 25.0 Å². The van der Waals surface area contributed by atoms with Gasteiger partial charge in [0.1, 0.15) is 18.9 Å². The number of aliphatic carboxylic acids is 1. The zero-order valence-corrected chi connectivity index (χ0v) is 17.4. The van der Waals surface area contributed by atoms with Gasteiger partial charge in [-0.2, -0.15) is 0 Å². The number of ether oxygens (including phenoxy) is 1. The van der Waals surface area contributed by atoms with Crippen LogP contribution in [0.2, 0.25) is 0 Å². The van der Waals surface area contributed by atoms with Gasteiger partial charge < -0.3 is 34.7 Å². The third-order valence-corrected chi connectivity index (χ3v) is 4.93. The molecule has 1 aromatic carbocycles. The van der Waals surface area contributed by atoms with Gasteiger partial charge in [-0.05, 0) is 24.6 Å². The normalized spacial score (nSPS) is 14.4. The molecular formula is C20H28N4O6. The van der Waals surface area contributed by atoms with Crippen LogP contribution in [0.15, 0.2) is 18.2 Å². The number of nitrogens with zero attached hydrogens (tertiary/aromatic N) is 3. The van der Waals surface area contributed by atoms with E-state index in [2.05, 4.69) is 5.32 Å². The van der Waals surface area contributed by atoms with E-state index >= 15 is 0 Å². The Bertz CT molecular complexity index is 779. The molecule has 1 atom stereocenters. The molecule has 164 valence electrons. The molecule has 1 saturated heterocycles. The fraction of sp³-hybridized carbons (Fsp3) is 0.500. The molecule has 1 fully saturated rings. The molecule has 1 aromatic rings. The third kappa shape index (κ3) is 5.47. The minimum absolute atomic E-state index is 0.143. The summed E-state index contributed by atoms with van der Waals surface area (Å²) in [6.07, 6.45) is 1.55. The smallest absolute Gasteiger partial charge is 0.329 e. The van der Waals surface area contributed by atoms with Crippen LogP contribution in [0.1, 0.15) is 12.8 Å². The highest BCUT2D eigenvalue weighted by atomic mass is 16.5. The predicted octanol–water partition coefficient (Wildman–Crippen LogP) is 0.0989. The summed E-state index contributed by atoms with van der Waals surface area (Å²) in [6, 6.07) is 4.70. The number of anilines is 3. The highest BCUT2D eigenvalue weighted by Crippen LogP contribution is 2.35. The first-order valence-corrected chi connectivity index (χ1v) is 9.60. The van der Waals surface area contributed by atoms with E-state index in [1.807, 2.05) is 36.0 Å². The van der Waals surface area contributed by atoms with Gasteiger partial charge in [-0.1, -0.05) is 0 Å². The van der Waals surface area contributed by atoms with Crippen molar-refractivity contribution in [1.82, 2.24) is 5.32 Å². The van der Waals surface area contributed by atoms with Crippen molar-refractivity contribution in [3.8, 4) is 0 Å². The Morgan fingerprint density at radius 1 is 1.30 bits per heavy atom. The number of carboxylic acid groups (broad SMARTS) is 1. The lowest BCUT2D eigenvalue weighted by molar-refractivity contribution is -0.144. The molecule has 30 heavy (non-hydrogen) atoms. The number of hydrogen-bond acceptors (Lipinski definition) is 7. The highest BCUT2D eigenvalue weighted by Gasteiger charge is 2.31. The molecule has 0 bridgehead atoms. The van der Waals surface area contributed by atoms with Gasteiger partial charge in [-0.25, -0.2) is 4.79 Å². The number of likely N-dealkylation sites (N-methyl/N-ethyl adjacent to an activating group) is 1. The number of amides is 2. The van der Waals surface area contributed by atoms with Crippen molar-refractivity contribution in [2.24, 2.45) is 0 Å². The average molecular weight is 420 g/mol. The Labute approximate surface area is 175 Å². The van der Waals surface area contributed by atoms with Crippen molar-refractivity contribution in [2.75, 3.05) is 55.5 Å². The van der Waals surface area contributed by atoms with Gasteiger partial charge in [0.25, 0.3) is 0 Å². The molecule has 0 saturated carbocycles. The van der Waals surface area contributed by atoms with E-state index in [1.54, 1.807) is 6.07 Å². The third-order valence-electron chi connectivity index (χ3n) is 4.93. The molecule has 1 unspecified atom stereocenters. The fourth-order valence-electron chi connectivity index (χ4n) is 3.32. The molecule has 1 heterocycles. The average Bonchev–Trinajstić information content (AvgIpc) is 2.69. The largest absolute Gasteiger partial charge is 0.480 e. The first-order valence-electron chi connectivity index (χ1n) is 9.60. The van der Waals surface area contributed by atoms with Crippen LogP contribution in [0, 0.1) is 0 Å². The molecule has 2 rings (SSSR count). The van der Waals surface area contributed by atoms with Gasteiger partial charge in [-0.3, -0.25) is 9.59 Å². The van der Waals surface area contributed by atoms with Gasteiger partial charge in [0, 0.05) is 46.3 Å². The SMILES string of the molecule is CNC(=O)C(CCC=O)N(C=O)c1ccc(N2CC(OCC(=O)O)C2)cc1N(C)C. The second-order valence-electron chi connectivity index (χ2n) is 7.19. The van der Waals surface area contributed by atoms with Crippen molar-refractivity contribution < 1.29 is 29.0 Å². The minimum Gasteiger partial charge on any atom is -0.480 e. The lowest BCUT2D eigenvalue weighted by Gasteiger charge is -2.41. The standard InChI is InChI=1S/C20H28N4O6/c1-21-20(29)17(5-4-8-25)24(13-26)16-7-6-14(9-18(16)22(2)3)23-10-15(11-23)30-12-19(27)28/h6-9,13,15,17H,4-5,10-12H2,1-3H3,(H,21,29)(H,27,28). The van der Waals surface area contributed by atoms with E-state index in [1.165, 1.54) is 11.9 Å². The van der Waals surface area contributed by atoms with Crippen molar-refractivity contribution in [3.05, 3.63) is 18.2 Å². The van der Waals surface area contributed by atoms with Gasteiger partial charge in [-0.15, -0.1) is 0 Å². The molecule has 0 spiro atoms. The van der Waals surface area contributed by atoms with E-state index in [0.29, 0.717) is 25.2 Å². The highest BCUT2D eigenvalue weighted by molar-refractivity contribution is 5.95. The van der Waals surface area contributed by atoms with Gasteiger partial charge in [0.2, 0.25) is 12.3 Å². The number of rotatable bonds is 12. The Morgan fingerprint density at radius 3 is 2.53 bits per heavy atom. The lowest BCUT2D eigenvalue weighted by atomic mass is 10.1. The second kappa shape index (κ2) is 10.6. The number of aldehydes is 1. The van der Waals surface area contributed by atoms with E-state index in [0.717, 1.165) is 17.7 Å². The molecule has 2 amide bonds. The molecule has 10 heteroatoms. The van der Waals surface area contributed by atoms with Crippen molar-refractivity contribution in [1.29, 1.82) is 0 Å². The number of carboxylic acids is 1. The van der Waals surface area contributed by atoms with Gasteiger partial charge in [0.15, 0.2) is 0 Å². The van der Waals surface area contributed by atoms with E-state index in [9.17, 15) is 19.2 Å². The summed E-state index contributed by atoms with van der Waals surface area (Å²) in [5.74, 6) is -1.35. The monoisotopic (exact) mass is 420 g/mol. The number of carbonyl (C=O) groups is 4. The number of hydrogen-bond donors (Lipinski definition) is 2. The minimum atomic E-state index is -0.998. The summed E-state index contributed by atoms with van der Waals surface area (Å²) < 4.78 is 5.28. The predicted molar refractivity (Wildman–Crippen MR) is 112 cm³/mol. The lowest BCUT2D eigenvalue weighted by Crippen LogP contribution is -2.52. The molecular weight excluding hydrogens is 392 g/mol. The van der Waals surface area contributed by atoms with Crippen LogP contribution in [0.4, 0.5) is 17.1 Å². The van der Waals surface area contributed by atoms with Crippen LogP contribution in [0.3, 0.4) is 0 Å². The molecule has 0 aromatic heterocycles. The Hall–Kier alpha value is -3.14. The number of nitrogens with one attached hydrogen (secondary N) is 1. The summed E-state index contributed by atoms with van der Waals surface area (Å²) >= 11 is 0. The molecule has 10 nitrogen and oxygen atoms in total. The first kappa shape index (κ1) is 23.1. The zero-order chi connectivity index (χ0) is 22.3. The van der Waals surface area contributed by atoms with E-state index in [-0.39, 0.29) is 31.5 Å². The van der Waals surface area contributed by atoms with Gasteiger partial charge >= 0.3 is 5.97 Å². The van der Waals surface area contributed by atoms with Crippen molar-refractivity contribution in [3.63, 3.8) is 0 Å². The maximum atomic E-state index is 12.3. The van der Waals surface area contributed by atoms with Crippen molar-refractivity contribution >= 4 is 41.6 Å². The topological polar surface area (TPSA) is 119 Å². The van der Waals surface area contributed by atoms with Crippen LogP contribution in [-0.2, 0) is 23.9 Å². The summed E-state index contributed by atoms with van der Waals surface area (Å²) in [6.45, 7) is 0.810. The van der Waals surface area contributed by atoms with Gasteiger partial charge in [0.05, 0.1) is 17.5 Å². The molecule has 0 aliphatic carbocycles. The van der Waals surface area contributed by atoms with Crippen LogP contribution in [-0.4, -0.2) is 82.7 Å². The zero-order valence-electron chi connectivity index (χ0n) is 17.4. The van der Waals surface area contributed by atoms with E-state index in [4.69, 9.17) is 9.84 Å². The molecule has 2 N–H and O–H groups in total. The van der Waals surface area contributed by atoms with Crippen LogP contribution < -0.4 is 20.0 Å². The summed E-state index contributed by atoms with van der Waals surface area (Å²) in [5, 5.41) is 11.2. The Morgan fingerprint density at radius 2 is 2.00 bits per heavy atom. The molecule has 1 aliphatic heterocycles. The number of carbonyl (C=O) groups excluding carboxylic acids is 3. The summed E-state index contributed by atoms with van der Waals surface area (Å²) in [7, 11) is 5.16. The summed E-state index contributed by atoms with van der Waals surface area (Å²) in [5.41, 5.74) is 2.18. The fourth-order valence-corrected chi connectivity index (χ4v) is 3.32. The van der Waals surface area contributed by atoms with Crippen LogP contribution in [0.5, 0.6) is 0 Å². The number of benzene rings is 1. The summed E-state index contributed by atoms with van der Waals surface area (Å²) in [4.78, 5) is 50.9. The molecule has 1 aliphatic rings. The molecule has 0 radical (unpaired) electrons. The van der Waals surface area contributed by atoms with Crippen LogP contribution >= 0.6 is 0 Å². The maximum Gasteiger partial charge on any atom is 0.329 e. The second-order valence-corrected chi connectivity index (χ2v) is 7.19. The first-order chi connectivity index (χ1) is 14.3. The maximum absolute atomic E-state index is 12.3.